The molecule has 1 saturated heterocycles. The number of benzene rings is 3. The molecule has 15 N–H and O–H groups in total. The van der Waals surface area contributed by atoms with Gasteiger partial charge in [0.05, 0.1) is 19.6 Å². The zero-order valence-electron chi connectivity index (χ0n) is 52.9. The van der Waals surface area contributed by atoms with Crippen molar-refractivity contribution in [1.82, 2.24) is 51.9 Å². The van der Waals surface area contributed by atoms with Crippen molar-refractivity contribution >= 4 is 94.5 Å². The van der Waals surface area contributed by atoms with Gasteiger partial charge in [-0.25, -0.2) is 19.2 Å². The molecule has 0 saturated carbocycles. The summed E-state index contributed by atoms with van der Waals surface area (Å²) in [6, 6.07) is 17.7. The van der Waals surface area contributed by atoms with Crippen LogP contribution >= 0.6 is 12.2 Å². The lowest BCUT2D eigenvalue weighted by atomic mass is 10.0. The van der Waals surface area contributed by atoms with Crippen molar-refractivity contribution in [3.8, 4) is 0 Å². The standard InChI is InChI=1S/C64H89N11O19S/c76-52(65-29-13-11-20-48(61(90)91)70-63(94)71-49(62(92)93)27-28-54(78)79)21-9-1-2-10-22-53(77)68-47(60(88)89)19-12-14-30-66-58(86)50(36-42-15-5-3-6-16-42)69-59(87)51(37-43-17-7-4-8-18-43)72-64(95)67-45-25-23-44(24-26-45)35-46-38-74(40-56(82)83)32-31-73(39-55(80)81)33-34-75(46)41-57(84)85/h3-8,15-18,23-26,46-51H,1-2,9-14,19-22,27-41H2,(H,65,76)(H,66,86)(H,68,77)(H,69,87)(H,78,79)(H,80,81)(H,82,83)(H,84,85)(H,88,89)(H,90,91)(H,92,93)(H2,67,72,95)(H2,70,71,94)/t46?,47?,48-,49?,50?,51?/m0/s1. The van der Waals surface area contributed by atoms with E-state index < -0.39 is 115 Å². The second kappa shape index (κ2) is 42.8. The minimum absolute atomic E-state index is 0.0270. The molecule has 95 heavy (non-hydrogen) atoms. The van der Waals surface area contributed by atoms with Crippen molar-refractivity contribution in [2.75, 3.05) is 70.8 Å². The molecule has 1 fully saturated rings. The third-order valence-electron chi connectivity index (χ3n) is 15.5. The van der Waals surface area contributed by atoms with Gasteiger partial charge < -0.3 is 78.3 Å². The summed E-state index contributed by atoms with van der Waals surface area (Å²) in [5.41, 5.74) is 2.90. The summed E-state index contributed by atoms with van der Waals surface area (Å²) in [6.45, 7) is 0.653. The number of urea groups is 1. The van der Waals surface area contributed by atoms with Crippen LogP contribution in [0.3, 0.4) is 0 Å². The number of rotatable bonds is 43. The molecule has 6 amide bonds. The second-order valence-electron chi connectivity index (χ2n) is 23.1. The first-order valence-electron chi connectivity index (χ1n) is 31.5. The van der Waals surface area contributed by atoms with Gasteiger partial charge in [-0.2, -0.15) is 0 Å². The van der Waals surface area contributed by atoms with E-state index in [9.17, 15) is 88.2 Å². The van der Waals surface area contributed by atoms with Crippen molar-refractivity contribution in [1.29, 1.82) is 0 Å². The second-order valence-corrected chi connectivity index (χ2v) is 23.6. The zero-order valence-corrected chi connectivity index (χ0v) is 53.7. The van der Waals surface area contributed by atoms with Gasteiger partial charge in [0.25, 0.3) is 0 Å². The van der Waals surface area contributed by atoms with Gasteiger partial charge in [-0.15, -0.1) is 0 Å². The van der Waals surface area contributed by atoms with Crippen molar-refractivity contribution in [2.45, 2.75) is 145 Å². The number of unbranched alkanes of at least 4 members (excludes halogenated alkanes) is 5. The first-order valence-corrected chi connectivity index (χ1v) is 31.9. The van der Waals surface area contributed by atoms with Crippen molar-refractivity contribution in [3.05, 3.63) is 102 Å². The Morgan fingerprint density at radius 2 is 0.916 bits per heavy atom. The van der Waals surface area contributed by atoms with E-state index in [0.29, 0.717) is 57.1 Å². The normalized spacial score (nSPS) is 15.2. The fourth-order valence-corrected chi connectivity index (χ4v) is 10.8. The molecule has 1 heterocycles. The van der Waals surface area contributed by atoms with E-state index in [4.69, 9.17) is 17.3 Å². The molecular formula is C64H89N11O19S. The van der Waals surface area contributed by atoms with Crippen LogP contribution in [-0.2, 0) is 72.0 Å². The Labute approximate surface area is 555 Å². The molecule has 520 valence electrons. The lowest BCUT2D eigenvalue weighted by molar-refractivity contribution is -0.142. The molecule has 0 aromatic heterocycles. The highest BCUT2D eigenvalue weighted by atomic mass is 32.1. The van der Waals surface area contributed by atoms with E-state index in [1.54, 1.807) is 39.0 Å². The summed E-state index contributed by atoms with van der Waals surface area (Å²) in [6.07, 6.45) is 3.45. The van der Waals surface area contributed by atoms with Gasteiger partial charge in [0.15, 0.2) is 5.11 Å². The van der Waals surface area contributed by atoms with Gasteiger partial charge in [-0.3, -0.25) is 53.1 Å². The Kier molecular flexibility index (Phi) is 35.2. The van der Waals surface area contributed by atoms with Crippen LogP contribution in [-0.4, -0.2) is 229 Å². The lowest BCUT2D eigenvalue weighted by Crippen LogP contribution is -2.55. The SMILES string of the molecule is O=C(O)CCC(NC(=O)N[C@@H](CCCCNC(=O)CCCCCCC(=O)NC(CCCCNC(=O)C(Cc1ccccc1)NC(=O)C(Cc1ccccc1)NC(=S)Nc1ccc(CC2CN(CC(=O)O)CCN(CC(=O)O)CCN2CC(=O)O)cc1)C(=O)O)C(=O)O)C(=O)O. The molecule has 0 radical (unpaired) electrons. The number of carboxylic acid groups (broad SMARTS) is 7. The van der Waals surface area contributed by atoms with E-state index in [-0.39, 0.29) is 121 Å². The summed E-state index contributed by atoms with van der Waals surface area (Å²) in [4.78, 5) is 152. The molecule has 5 unspecified atom stereocenters. The molecular weight excluding hydrogens is 1260 g/mol. The number of thiocarbonyl (C=S) groups is 1. The summed E-state index contributed by atoms with van der Waals surface area (Å²) >= 11 is 5.74. The van der Waals surface area contributed by atoms with E-state index in [1.807, 2.05) is 60.7 Å². The van der Waals surface area contributed by atoms with Crippen LogP contribution in [0.5, 0.6) is 0 Å². The third-order valence-corrected chi connectivity index (χ3v) is 15.7. The average molecular weight is 1350 g/mol. The Bertz CT molecular complexity index is 3020. The quantitative estimate of drug-likeness (QED) is 0.0284. The highest BCUT2D eigenvalue weighted by molar-refractivity contribution is 7.80. The van der Waals surface area contributed by atoms with Crippen LogP contribution in [0.4, 0.5) is 10.5 Å². The number of hydrogen-bond donors (Lipinski definition) is 15. The van der Waals surface area contributed by atoms with Gasteiger partial charge in [0.1, 0.15) is 30.2 Å². The third kappa shape index (κ3) is 32.9. The minimum Gasteiger partial charge on any atom is -0.481 e. The van der Waals surface area contributed by atoms with Crippen LogP contribution in [0.15, 0.2) is 84.9 Å². The maximum absolute atomic E-state index is 14.4. The topological polar surface area (TPSA) is 452 Å². The Balaban J connectivity index is 1.24. The molecule has 0 spiro atoms. The fraction of sp³-hybridized carbons (Fsp3) is 0.516. The van der Waals surface area contributed by atoms with Gasteiger partial charge in [-0.1, -0.05) is 85.6 Å². The number of carbonyl (C=O) groups excluding carboxylic acids is 5. The maximum atomic E-state index is 14.4. The average Bonchev–Trinajstić information content (AvgIpc) is 1.80. The van der Waals surface area contributed by atoms with E-state index in [1.165, 1.54) is 0 Å². The summed E-state index contributed by atoms with van der Waals surface area (Å²) in [7, 11) is 0. The maximum Gasteiger partial charge on any atom is 0.326 e. The number of amides is 6. The van der Waals surface area contributed by atoms with Crippen molar-refractivity contribution in [3.63, 3.8) is 0 Å². The number of carboxylic acids is 7. The number of aliphatic carboxylic acids is 7. The van der Waals surface area contributed by atoms with Crippen LogP contribution < -0.4 is 42.5 Å². The first-order chi connectivity index (χ1) is 45.3. The number of nitrogens with zero attached hydrogens (tertiary/aromatic N) is 3. The molecule has 1 aliphatic rings. The predicted octanol–water partition coefficient (Wildman–Crippen LogP) is 1.95. The van der Waals surface area contributed by atoms with Crippen LogP contribution in [0.2, 0.25) is 0 Å². The number of hydrogen-bond acceptors (Lipinski definition) is 16. The van der Waals surface area contributed by atoms with Crippen LogP contribution in [0, 0.1) is 0 Å². The Morgan fingerprint density at radius 3 is 1.45 bits per heavy atom. The smallest absolute Gasteiger partial charge is 0.326 e. The molecule has 3 aromatic rings. The first kappa shape index (κ1) is 78.1. The summed E-state index contributed by atoms with van der Waals surface area (Å²) in [5, 5.41) is 88.1. The molecule has 1 aliphatic heterocycles. The Hall–Kier alpha value is -9.33. The number of nitrogens with one attached hydrogen (secondary N) is 8. The van der Waals surface area contributed by atoms with Gasteiger partial charge in [-0.05, 0) is 105 Å². The number of carbonyl (C=O) groups is 12. The molecule has 6 atom stereocenters. The largest absolute Gasteiger partial charge is 0.481 e. The molecule has 4 rings (SSSR count). The monoisotopic (exact) mass is 1350 g/mol. The molecule has 30 nitrogen and oxygen atoms in total. The Morgan fingerprint density at radius 1 is 0.432 bits per heavy atom. The van der Waals surface area contributed by atoms with Crippen LogP contribution in [0.1, 0.15) is 107 Å². The highest BCUT2D eigenvalue weighted by Crippen LogP contribution is 2.18. The van der Waals surface area contributed by atoms with E-state index in [0.717, 1.165) is 16.7 Å². The lowest BCUT2D eigenvalue weighted by Gasteiger charge is -2.33. The van der Waals surface area contributed by atoms with E-state index in [2.05, 4.69) is 42.5 Å². The zero-order chi connectivity index (χ0) is 69.7. The predicted molar refractivity (Wildman–Crippen MR) is 349 cm³/mol. The number of anilines is 1. The minimum atomic E-state index is -1.53. The van der Waals surface area contributed by atoms with E-state index >= 15 is 0 Å². The molecule has 0 aliphatic carbocycles. The summed E-state index contributed by atoms with van der Waals surface area (Å²) in [5.74, 6) is -10.3. The van der Waals surface area contributed by atoms with Crippen molar-refractivity contribution < 1.29 is 93.3 Å². The molecule has 3 aromatic carbocycles. The van der Waals surface area contributed by atoms with Gasteiger partial charge in [0, 0.05) is 89.6 Å². The molecule has 31 heteroatoms. The van der Waals surface area contributed by atoms with Crippen LogP contribution in [0.25, 0.3) is 0 Å². The van der Waals surface area contributed by atoms with Gasteiger partial charge >= 0.3 is 47.8 Å². The fourth-order valence-electron chi connectivity index (χ4n) is 10.5. The van der Waals surface area contributed by atoms with Crippen molar-refractivity contribution in [2.24, 2.45) is 0 Å². The summed E-state index contributed by atoms with van der Waals surface area (Å²) < 4.78 is 0. The van der Waals surface area contributed by atoms with Gasteiger partial charge in [0.2, 0.25) is 23.6 Å². The highest BCUT2D eigenvalue weighted by Gasteiger charge is 2.31. The molecule has 0 bridgehead atoms.